The van der Waals surface area contributed by atoms with Crippen molar-refractivity contribution >= 4 is 27.4 Å². The molecule has 90 valence electrons. The van der Waals surface area contributed by atoms with Crippen LogP contribution in [0.25, 0.3) is 10.2 Å². The first kappa shape index (κ1) is 10.9. The Hall–Kier alpha value is -1.20. The van der Waals surface area contributed by atoms with E-state index in [1.54, 1.807) is 17.7 Å². The van der Waals surface area contributed by atoms with Gasteiger partial charge >= 0.3 is 0 Å². The summed E-state index contributed by atoms with van der Waals surface area (Å²) in [5, 5.41) is 14.7. The van der Waals surface area contributed by atoms with Gasteiger partial charge in [0.05, 0.1) is 16.8 Å². The zero-order valence-corrected chi connectivity index (χ0v) is 10.5. The van der Waals surface area contributed by atoms with Crippen molar-refractivity contribution in [2.75, 3.05) is 18.5 Å². The molecule has 5 heteroatoms. The number of anilines is 1. The average Bonchev–Trinajstić information content (AvgIpc) is 3.05. The van der Waals surface area contributed by atoms with Gasteiger partial charge in [-0.25, -0.2) is 9.97 Å². The molecule has 0 bridgehead atoms. The number of thiophene rings is 1. The maximum atomic E-state index is 9.28. The first-order valence-electron chi connectivity index (χ1n) is 5.78. The fourth-order valence-electron chi connectivity index (χ4n) is 1.93. The van der Waals surface area contributed by atoms with Crippen LogP contribution in [-0.2, 0) is 0 Å². The first-order valence-corrected chi connectivity index (χ1v) is 6.66. The summed E-state index contributed by atoms with van der Waals surface area (Å²) in [6.07, 6.45) is 3.81. The van der Waals surface area contributed by atoms with E-state index < -0.39 is 0 Å². The lowest BCUT2D eigenvalue weighted by molar-refractivity contribution is 0.219. The molecule has 2 aromatic heterocycles. The van der Waals surface area contributed by atoms with Crippen LogP contribution in [-0.4, -0.2) is 28.2 Å². The van der Waals surface area contributed by atoms with Crippen molar-refractivity contribution < 1.29 is 5.11 Å². The maximum Gasteiger partial charge on any atom is 0.147 e. The van der Waals surface area contributed by atoms with Crippen LogP contribution in [0.3, 0.4) is 0 Å². The van der Waals surface area contributed by atoms with Crippen LogP contribution in [0.5, 0.6) is 0 Å². The highest BCUT2D eigenvalue weighted by atomic mass is 32.1. The molecule has 0 spiro atoms. The Morgan fingerprint density at radius 1 is 1.47 bits per heavy atom. The molecule has 1 aliphatic rings. The van der Waals surface area contributed by atoms with Gasteiger partial charge in [0.1, 0.15) is 12.1 Å². The van der Waals surface area contributed by atoms with E-state index in [-0.39, 0.29) is 12.0 Å². The monoisotopic (exact) mass is 249 g/mol. The molecule has 2 aromatic rings. The minimum Gasteiger partial charge on any atom is -0.396 e. The summed E-state index contributed by atoms with van der Waals surface area (Å²) < 4.78 is 1.11. The number of hydrogen-bond acceptors (Lipinski definition) is 5. The van der Waals surface area contributed by atoms with Gasteiger partial charge in [0.2, 0.25) is 0 Å². The second-order valence-corrected chi connectivity index (χ2v) is 5.71. The predicted octanol–water partition coefficient (Wildman–Crippen LogP) is 2.18. The number of aliphatic hydroxyl groups is 1. The van der Waals surface area contributed by atoms with Gasteiger partial charge < -0.3 is 10.4 Å². The summed E-state index contributed by atoms with van der Waals surface area (Å²) in [5.74, 6) is 0.896. The molecule has 1 aliphatic carbocycles. The van der Waals surface area contributed by atoms with E-state index in [1.165, 1.54) is 5.56 Å². The fourth-order valence-corrected chi connectivity index (χ4v) is 2.90. The SMILES string of the molecule is Cc1csc2c(NCC3(CO)CC3)ncnc12. The number of aliphatic hydroxyl groups excluding tert-OH is 1. The van der Waals surface area contributed by atoms with Crippen LogP contribution < -0.4 is 5.32 Å². The molecule has 0 amide bonds. The van der Waals surface area contributed by atoms with Crippen molar-refractivity contribution in [3.8, 4) is 0 Å². The van der Waals surface area contributed by atoms with Crippen LogP contribution in [0.2, 0.25) is 0 Å². The van der Waals surface area contributed by atoms with Crippen molar-refractivity contribution in [2.24, 2.45) is 5.41 Å². The van der Waals surface area contributed by atoms with Gasteiger partial charge in [-0.15, -0.1) is 11.3 Å². The molecule has 0 aromatic carbocycles. The van der Waals surface area contributed by atoms with Crippen LogP contribution in [0, 0.1) is 12.3 Å². The molecule has 0 radical (unpaired) electrons. The molecule has 0 atom stereocenters. The standard InChI is InChI=1S/C12H15N3OS/c1-8-4-17-10-9(8)14-7-15-11(10)13-5-12(6-16)2-3-12/h4,7,16H,2-3,5-6H2,1H3,(H,13,14,15). The maximum absolute atomic E-state index is 9.28. The zero-order valence-electron chi connectivity index (χ0n) is 9.73. The molecular weight excluding hydrogens is 234 g/mol. The Kier molecular flexibility index (Phi) is 2.52. The first-order chi connectivity index (χ1) is 8.24. The number of aromatic nitrogens is 2. The highest BCUT2D eigenvalue weighted by molar-refractivity contribution is 7.18. The zero-order chi connectivity index (χ0) is 11.9. The van der Waals surface area contributed by atoms with Crippen molar-refractivity contribution in [3.63, 3.8) is 0 Å². The lowest BCUT2D eigenvalue weighted by Crippen LogP contribution is -2.19. The third-order valence-electron chi connectivity index (χ3n) is 3.45. The number of rotatable bonds is 4. The van der Waals surface area contributed by atoms with Gasteiger partial charge in [-0.2, -0.15) is 0 Å². The highest BCUT2D eigenvalue weighted by Gasteiger charge is 2.41. The van der Waals surface area contributed by atoms with Crippen LogP contribution in [0.4, 0.5) is 5.82 Å². The third-order valence-corrected chi connectivity index (χ3v) is 4.55. The minimum absolute atomic E-state index is 0.101. The smallest absolute Gasteiger partial charge is 0.147 e. The molecule has 2 heterocycles. The molecule has 2 N–H and O–H groups in total. The summed E-state index contributed by atoms with van der Waals surface area (Å²) in [6, 6.07) is 0. The Morgan fingerprint density at radius 3 is 3.00 bits per heavy atom. The van der Waals surface area contributed by atoms with E-state index in [1.807, 2.05) is 0 Å². The number of aryl methyl sites for hydroxylation is 1. The number of nitrogens with one attached hydrogen (secondary N) is 1. The largest absolute Gasteiger partial charge is 0.396 e. The Labute approximate surface area is 104 Å². The normalized spacial score (nSPS) is 17.3. The van der Waals surface area contributed by atoms with E-state index >= 15 is 0 Å². The Morgan fingerprint density at radius 2 is 2.29 bits per heavy atom. The van der Waals surface area contributed by atoms with Gasteiger partial charge in [-0.05, 0) is 30.7 Å². The second-order valence-electron chi connectivity index (χ2n) is 4.83. The Balaban J connectivity index is 1.85. The fraction of sp³-hybridized carbons (Fsp3) is 0.500. The second kappa shape index (κ2) is 3.92. The van der Waals surface area contributed by atoms with E-state index in [4.69, 9.17) is 0 Å². The van der Waals surface area contributed by atoms with Crippen LogP contribution >= 0.6 is 11.3 Å². The topological polar surface area (TPSA) is 58.0 Å². The molecule has 1 saturated carbocycles. The van der Waals surface area contributed by atoms with E-state index in [0.29, 0.717) is 0 Å². The summed E-state index contributed by atoms with van der Waals surface area (Å²) in [6.45, 7) is 3.12. The van der Waals surface area contributed by atoms with Crippen LogP contribution in [0.15, 0.2) is 11.7 Å². The molecule has 4 nitrogen and oxygen atoms in total. The summed E-state index contributed by atoms with van der Waals surface area (Å²) >= 11 is 1.67. The minimum atomic E-state index is 0.101. The molecule has 0 aliphatic heterocycles. The van der Waals surface area contributed by atoms with Crippen molar-refractivity contribution in [3.05, 3.63) is 17.3 Å². The van der Waals surface area contributed by atoms with E-state index in [2.05, 4.69) is 27.6 Å². The molecular formula is C12H15N3OS. The number of fused-ring (bicyclic) bond motifs is 1. The quantitative estimate of drug-likeness (QED) is 0.872. The predicted molar refractivity (Wildman–Crippen MR) is 69.4 cm³/mol. The van der Waals surface area contributed by atoms with Gasteiger partial charge in [0.25, 0.3) is 0 Å². The van der Waals surface area contributed by atoms with E-state index in [0.717, 1.165) is 35.4 Å². The molecule has 1 fully saturated rings. The van der Waals surface area contributed by atoms with Gasteiger partial charge in [-0.3, -0.25) is 0 Å². The molecule has 0 saturated heterocycles. The summed E-state index contributed by atoms with van der Waals surface area (Å²) in [4.78, 5) is 8.58. The van der Waals surface area contributed by atoms with Gasteiger partial charge in [0, 0.05) is 12.0 Å². The van der Waals surface area contributed by atoms with Crippen molar-refractivity contribution in [1.82, 2.24) is 9.97 Å². The van der Waals surface area contributed by atoms with Crippen molar-refractivity contribution in [1.29, 1.82) is 0 Å². The highest BCUT2D eigenvalue weighted by Crippen LogP contribution is 2.45. The Bertz CT molecular complexity index is 548. The third kappa shape index (κ3) is 1.89. The van der Waals surface area contributed by atoms with Crippen LogP contribution in [0.1, 0.15) is 18.4 Å². The molecule has 17 heavy (non-hydrogen) atoms. The van der Waals surface area contributed by atoms with Crippen molar-refractivity contribution in [2.45, 2.75) is 19.8 Å². The average molecular weight is 249 g/mol. The number of nitrogens with zero attached hydrogens (tertiary/aromatic N) is 2. The summed E-state index contributed by atoms with van der Waals surface area (Å²) in [7, 11) is 0. The summed E-state index contributed by atoms with van der Waals surface area (Å²) in [5.41, 5.74) is 2.32. The molecule has 3 rings (SSSR count). The molecule has 0 unspecified atom stereocenters. The number of hydrogen-bond donors (Lipinski definition) is 2. The lowest BCUT2D eigenvalue weighted by Gasteiger charge is -2.13. The van der Waals surface area contributed by atoms with Gasteiger partial charge in [-0.1, -0.05) is 0 Å². The van der Waals surface area contributed by atoms with E-state index in [9.17, 15) is 5.11 Å². The van der Waals surface area contributed by atoms with Gasteiger partial charge in [0.15, 0.2) is 0 Å². The lowest BCUT2D eigenvalue weighted by atomic mass is 10.1.